The Hall–Kier alpha value is -0.334. The number of fused-ring (bicyclic) bond motifs is 1. The molecule has 4 heteroatoms. The smallest absolute Gasteiger partial charge is 0.147 e. The Morgan fingerprint density at radius 3 is 1.94 bits per heavy atom. The minimum Gasteiger partial charge on any atom is -0.147 e. The molecule has 2 unspecified atom stereocenters. The van der Waals surface area contributed by atoms with Crippen molar-refractivity contribution < 1.29 is 15.7 Å². The summed E-state index contributed by atoms with van der Waals surface area (Å²) in [5.74, 6) is 0.633. The average Bonchev–Trinajstić information content (AvgIpc) is 3.24. The van der Waals surface area contributed by atoms with Gasteiger partial charge in [-0.25, -0.2) is 0 Å². The maximum Gasteiger partial charge on any atom is -0.147 e. The van der Waals surface area contributed by atoms with Crippen molar-refractivity contribution in [2.75, 3.05) is 0 Å². The summed E-state index contributed by atoms with van der Waals surface area (Å²) in [7, 11) is 0. The molecule has 2 aromatic carbocycles. The fourth-order valence-corrected chi connectivity index (χ4v) is 38.9. The van der Waals surface area contributed by atoms with Gasteiger partial charge in [-0.05, 0) is 0 Å². The molecule has 2 atom stereocenters. The molecule has 0 radical (unpaired) electrons. The van der Waals surface area contributed by atoms with Crippen molar-refractivity contribution in [3.63, 3.8) is 0 Å². The summed E-state index contributed by atoms with van der Waals surface area (Å²) in [6, 6.07) is 18.1. The van der Waals surface area contributed by atoms with Gasteiger partial charge in [-0.1, -0.05) is 0 Å². The first-order valence-electron chi connectivity index (χ1n) is 12.0. The van der Waals surface area contributed by atoms with E-state index >= 15 is 0 Å². The molecule has 0 nitrogen and oxygen atoms in total. The Morgan fingerprint density at radius 1 is 0.818 bits per heavy atom. The minimum atomic E-state index is -3.32. The largest absolute Gasteiger partial charge is 0.147 e. The van der Waals surface area contributed by atoms with Gasteiger partial charge < -0.3 is 0 Å². The van der Waals surface area contributed by atoms with Crippen molar-refractivity contribution in [1.29, 1.82) is 0 Å². The van der Waals surface area contributed by atoms with Crippen LogP contribution in [0.15, 0.2) is 74.1 Å². The summed E-state index contributed by atoms with van der Waals surface area (Å²) in [6.45, 7) is 17.2. The Balaban J connectivity index is 0.00000193. The van der Waals surface area contributed by atoms with Crippen LogP contribution < -0.4 is 0 Å². The Morgan fingerprint density at radius 2 is 1.42 bits per heavy atom. The van der Waals surface area contributed by atoms with Crippen LogP contribution in [0, 0.1) is 5.92 Å². The number of allylic oxidation sites excluding steroid dienone is 5. The van der Waals surface area contributed by atoms with Gasteiger partial charge in [0.25, 0.3) is 0 Å². The van der Waals surface area contributed by atoms with Gasteiger partial charge in [-0.15, -0.1) is 24.8 Å². The molecule has 0 bridgehead atoms. The van der Waals surface area contributed by atoms with Crippen molar-refractivity contribution >= 4 is 43.0 Å². The van der Waals surface area contributed by atoms with Crippen molar-refractivity contribution in [2.45, 2.75) is 60.3 Å². The van der Waals surface area contributed by atoms with Gasteiger partial charge in [0.2, 0.25) is 0 Å². The predicted molar refractivity (Wildman–Crippen MR) is 153 cm³/mol. The van der Waals surface area contributed by atoms with Gasteiger partial charge in [0.1, 0.15) is 0 Å². The van der Waals surface area contributed by atoms with Crippen molar-refractivity contribution in [2.24, 2.45) is 5.92 Å². The van der Waals surface area contributed by atoms with E-state index in [0.29, 0.717) is 9.54 Å². The monoisotopic (exact) mass is 622 g/mol. The van der Waals surface area contributed by atoms with Crippen LogP contribution in [-0.2, 0) is 15.7 Å². The van der Waals surface area contributed by atoms with E-state index in [2.05, 4.69) is 103 Å². The van der Waals surface area contributed by atoms with E-state index in [4.69, 9.17) is 0 Å². The molecule has 2 aliphatic rings. The standard InChI is InChI=1S/C16H13.C9H13.2C2H5.2ClH.GeH2.Zr/c1-12-10-14-8-5-9-15(16(14)11-12)13-6-3-2-4-7-13;1-6-5-7(2)9(4)8(6)3;2*1-2;;;;/h2-11H,1H3;6H,1-4H3;2*1H2,2H3;2*1H;1H2;. The number of hydrogen-bond donors (Lipinski definition) is 0. The van der Waals surface area contributed by atoms with Gasteiger partial charge >= 0.3 is 197 Å². The topological polar surface area (TPSA) is 0 Å². The van der Waals surface area contributed by atoms with Gasteiger partial charge in [-0.2, -0.15) is 0 Å². The summed E-state index contributed by atoms with van der Waals surface area (Å²) < 4.78 is 5.42. The number of halogens is 2. The molecular formula is C29H40Cl2GeZr. The van der Waals surface area contributed by atoms with Crippen molar-refractivity contribution in [1.82, 2.24) is 0 Å². The SMILES string of the molecule is C[CH2][Zr](=[GeH2])([CH2]C)([C]1=C(C)C(C)=C(C)C1C)[CH]1C(C)=Cc2c(-c3ccccc3)cccc21.Cl.Cl. The van der Waals surface area contributed by atoms with Crippen LogP contribution in [-0.4, -0.2) is 12.1 Å². The summed E-state index contributed by atoms with van der Waals surface area (Å²) in [4.78, 5) is 0. The molecule has 0 heterocycles. The second-order valence-corrected chi connectivity index (χ2v) is 48.4. The zero-order valence-corrected chi connectivity index (χ0v) is 28.3. The molecular weight excluding hydrogens is 583 g/mol. The minimum absolute atomic E-state index is 0. The van der Waals surface area contributed by atoms with Crippen LogP contribution in [0.3, 0.4) is 0 Å². The van der Waals surface area contributed by atoms with Gasteiger partial charge in [0, 0.05) is 0 Å². The van der Waals surface area contributed by atoms with E-state index in [1.54, 1.807) is 27.9 Å². The van der Waals surface area contributed by atoms with Crippen LogP contribution in [0.2, 0.25) is 8.26 Å². The third-order valence-electron chi connectivity index (χ3n) is 9.25. The maximum absolute atomic E-state index is 3.32. The summed E-state index contributed by atoms with van der Waals surface area (Å²) in [5.41, 5.74) is 12.4. The molecule has 2 aromatic rings. The van der Waals surface area contributed by atoms with E-state index in [1.165, 1.54) is 37.1 Å². The first-order valence-corrected chi connectivity index (χ1v) is 28.6. The molecule has 0 N–H and O–H groups in total. The van der Waals surface area contributed by atoms with Gasteiger partial charge in [0.05, 0.1) is 0 Å². The molecule has 0 saturated heterocycles. The molecule has 0 spiro atoms. The van der Waals surface area contributed by atoms with Gasteiger partial charge in [-0.3, -0.25) is 0 Å². The van der Waals surface area contributed by atoms with Crippen LogP contribution in [0.1, 0.15) is 63.2 Å². The summed E-state index contributed by atoms with van der Waals surface area (Å²) in [5, 5.41) is 0. The van der Waals surface area contributed by atoms with Crippen molar-refractivity contribution in [3.8, 4) is 11.1 Å². The number of benzene rings is 2. The zero-order valence-electron chi connectivity index (χ0n) is 21.3. The zero-order chi connectivity index (χ0) is 22.6. The Labute approximate surface area is 219 Å². The Bertz CT molecular complexity index is 1210. The molecule has 0 fully saturated rings. The third-order valence-corrected chi connectivity index (χ3v) is 51.3. The second kappa shape index (κ2) is 10.3. The first-order chi connectivity index (χ1) is 14.7. The summed E-state index contributed by atoms with van der Waals surface area (Å²) >= 11 is -1.82. The normalized spacial score (nSPS) is 20.3. The van der Waals surface area contributed by atoms with Crippen LogP contribution >= 0.6 is 24.8 Å². The fraction of sp³-hybridized carbons (Fsp3) is 0.379. The Kier molecular flexibility index (Phi) is 9.06. The molecule has 2 aliphatic carbocycles. The summed E-state index contributed by atoms with van der Waals surface area (Å²) in [6.07, 6.45) is 2.55. The maximum atomic E-state index is 2.55. The van der Waals surface area contributed by atoms with E-state index in [9.17, 15) is 0 Å². The molecule has 0 amide bonds. The average molecular weight is 623 g/mol. The second-order valence-electron chi connectivity index (χ2n) is 10.3. The van der Waals surface area contributed by atoms with Crippen molar-refractivity contribution in [3.05, 3.63) is 85.2 Å². The molecule has 0 aromatic heterocycles. The molecule has 0 saturated carbocycles. The number of rotatable bonds is 5. The van der Waals surface area contributed by atoms with E-state index < -0.39 is 15.7 Å². The van der Waals surface area contributed by atoms with Gasteiger partial charge in [0.15, 0.2) is 0 Å². The molecule has 0 aliphatic heterocycles. The van der Waals surface area contributed by atoms with E-state index in [-0.39, 0.29) is 24.8 Å². The molecule has 178 valence electrons. The number of hydrogen-bond acceptors (Lipinski definition) is 0. The van der Waals surface area contributed by atoms with Crippen LogP contribution in [0.25, 0.3) is 17.2 Å². The predicted octanol–water partition coefficient (Wildman–Crippen LogP) is 9.03. The first kappa shape index (κ1) is 28.9. The third kappa shape index (κ3) is 4.18. The van der Waals surface area contributed by atoms with E-state index in [0.717, 1.165) is 0 Å². The fourth-order valence-electron chi connectivity index (χ4n) is 7.07. The van der Waals surface area contributed by atoms with Crippen LogP contribution in [0.4, 0.5) is 0 Å². The van der Waals surface area contributed by atoms with E-state index in [1.807, 2.05) is 3.28 Å². The molecule has 33 heavy (non-hydrogen) atoms. The molecule has 4 rings (SSSR count). The quantitative estimate of drug-likeness (QED) is 0.292. The van der Waals surface area contributed by atoms with Crippen LogP contribution in [0.5, 0.6) is 0 Å².